The van der Waals surface area contributed by atoms with Gasteiger partial charge in [0.05, 0.1) is 6.61 Å². The Balaban J connectivity index is 2.59. The molecular formula is C11H13N3O. The van der Waals surface area contributed by atoms with Crippen LogP contribution in [0.2, 0.25) is 0 Å². The highest BCUT2D eigenvalue weighted by Gasteiger charge is 2.03. The van der Waals surface area contributed by atoms with E-state index in [2.05, 4.69) is 10.4 Å². The first kappa shape index (κ1) is 9.73. The van der Waals surface area contributed by atoms with Crippen LogP contribution >= 0.6 is 0 Å². The van der Waals surface area contributed by atoms with Gasteiger partial charge in [-0.3, -0.25) is 0 Å². The van der Waals surface area contributed by atoms with E-state index < -0.39 is 0 Å². The number of ether oxygens (including phenoxy) is 1. The molecule has 0 saturated carbocycles. The number of aromatic nitrogens is 1. The molecule has 2 aromatic rings. The fourth-order valence-corrected chi connectivity index (χ4v) is 1.47. The lowest BCUT2D eigenvalue weighted by Gasteiger charge is -2.07. The summed E-state index contributed by atoms with van der Waals surface area (Å²) in [4.78, 5) is 4.35. The number of hydrogen-bond acceptors (Lipinski definition) is 4. The average molecular weight is 203 g/mol. The third kappa shape index (κ3) is 1.85. The summed E-state index contributed by atoms with van der Waals surface area (Å²) >= 11 is 0. The van der Waals surface area contributed by atoms with Gasteiger partial charge < -0.3 is 10.2 Å². The van der Waals surface area contributed by atoms with E-state index in [1.54, 1.807) is 0 Å². The SMILES string of the molecule is CCOc1cccc2ccc(NN)nc12. The molecule has 4 heteroatoms. The summed E-state index contributed by atoms with van der Waals surface area (Å²) < 4.78 is 5.49. The standard InChI is InChI=1S/C11H13N3O/c1-2-15-9-5-3-4-8-6-7-10(14-12)13-11(8)9/h3-7H,2,12H2,1H3,(H,13,14). The molecule has 0 aliphatic heterocycles. The minimum Gasteiger partial charge on any atom is -0.492 e. The van der Waals surface area contributed by atoms with Gasteiger partial charge in [0.2, 0.25) is 0 Å². The molecule has 0 aliphatic rings. The molecule has 0 bridgehead atoms. The van der Waals surface area contributed by atoms with Gasteiger partial charge in [-0.2, -0.15) is 0 Å². The van der Waals surface area contributed by atoms with Crippen molar-refractivity contribution in [3.63, 3.8) is 0 Å². The number of hydrogen-bond donors (Lipinski definition) is 2. The van der Waals surface area contributed by atoms with Crippen LogP contribution in [0.3, 0.4) is 0 Å². The minimum absolute atomic E-state index is 0.626. The van der Waals surface area contributed by atoms with E-state index in [1.807, 2.05) is 37.3 Å². The van der Waals surface area contributed by atoms with Crippen LogP contribution in [0.1, 0.15) is 6.92 Å². The molecule has 2 rings (SSSR count). The Labute approximate surface area is 88.0 Å². The lowest BCUT2D eigenvalue weighted by Crippen LogP contribution is -2.08. The van der Waals surface area contributed by atoms with Gasteiger partial charge in [0.1, 0.15) is 17.1 Å². The van der Waals surface area contributed by atoms with Gasteiger partial charge in [0, 0.05) is 5.39 Å². The van der Waals surface area contributed by atoms with Gasteiger partial charge in [-0.25, -0.2) is 10.8 Å². The van der Waals surface area contributed by atoms with Crippen molar-refractivity contribution in [2.75, 3.05) is 12.0 Å². The molecule has 0 fully saturated rings. The molecule has 0 aliphatic carbocycles. The quantitative estimate of drug-likeness (QED) is 0.591. The molecule has 0 unspecified atom stereocenters. The summed E-state index contributed by atoms with van der Waals surface area (Å²) in [6, 6.07) is 9.63. The summed E-state index contributed by atoms with van der Waals surface area (Å²) in [5.41, 5.74) is 3.35. The highest BCUT2D eigenvalue weighted by atomic mass is 16.5. The molecule has 4 nitrogen and oxygen atoms in total. The Bertz CT molecular complexity index is 470. The van der Waals surface area contributed by atoms with Crippen LogP contribution < -0.4 is 16.0 Å². The number of fused-ring (bicyclic) bond motifs is 1. The summed E-state index contributed by atoms with van der Waals surface area (Å²) in [5, 5.41) is 1.04. The number of benzene rings is 1. The van der Waals surface area contributed by atoms with Crippen LogP contribution in [-0.4, -0.2) is 11.6 Å². The Morgan fingerprint density at radius 3 is 2.93 bits per heavy atom. The molecule has 1 heterocycles. The smallest absolute Gasteiger partial charge is 0.145 e. The fourth-order valence-electron chi connectivity index (χ4n) is 1.47. The summed E-state index contributed by atoms with van der Waals surface area (Å²) in [7, 11) is 0. The van der Waals surface area contributed by atoms with Crippen LogP contribution in [0.4, 0.5) is 5.82 Å². The highest BCUT2D eigenvalue weighted by Crippen LogP contribution is 2.24. The number of nitrogens with zero attached hydrogens (tertiary/aromatic N) is 1. The summed E-state index contributed by atoms with van der Waals surface area (Å²) in [6.07, 6.45) is 0. The predicted octanol–water partition coefficient (Wildman–Crippen LogP) is 1.92. The van der Waals surface area contributed by atoms with E-state index in [9.17, 15) is 0 Å². The maximum atomic E-state index is 5.49. The lowest BCUT2D eigenvalue weighted by molar-refractivity contribution is 0.343. The van der Waals surface area contributed by atoms with E-state index in [4.69, 9.17) is 10.6 Å². The van der Waals surface area contributed by atoms with Crippen LogP contribution in [0.5, 0.6) is 5.75 Å². The molecule has 0 radical (unpaired) electrons. The van der Waals surface area contributed by atoms with E-state index in [1.165, 1.54) is 0 Å². The molecule has 3 N–H and O–H groups in total. The Morgan fingerprint density at radius 1 is 1.33 bits per heavy atom. The molecular weight excluding hydrogens is 190 g/mol. The van der Waals surface area contributed by atoms with Crippen molar-refractivity contribution in [3.8, 4) is 5.75 Å². The number of nitrogens with one attached hydrogen (secondary N) is 1. The van der Waals surface area contributed by atoms with Crippen LogP contribution in [0.15, 0.2) is 30.3 Å². The Morgan fingerprint density at radius 2 is 2.20 bits per heavy atom. The Kier molecular flexibility index (Phi) is 2.69. The van der Waals surface area contributed by atoms with Gasteiger partial charge in [0.15, 0.2) is 0 Å². The third-order valence-electron chi connectivity index (χ3n) is 2.13. The third-order valence-corrected chi connectivity index (χ3v) is 2.13. The molecule has 0 saturated heterocycles. The zero-order valence-corrected chi connectivity index (χ0v) is 8.53. The first-order chi connectivity index (χ1) is 7.35. The predicted molar refractivity (Wildman–Crippen MR) is 60.7 cm³/mol. The molecule has 1 aromatic heterocycles. The number of nitrogen functional groups attached to an aromatic ring is 1. The number of rotatable bonds is 3. The zero-order chi connectivity index (χ0) is 10.7. The first-order valence-electron chi connectivity index (χ1n) is 4.84. The maximum absolute atomic E-state index is 5.49. The van der Waals surface area contributed by atoms with Gasteiger partial charge in [-0.1, -0.05) is 12.1 Å². The maximum Gasteiger partial charge on any atom is 0.145 e. The average Bonchev–Trinajstić information content (AvgIpc) is 2.29. The normalized spacial score (nSPS) is 10.3. The Hall–Kier alpha value is -1.81. The van der Waals surface area contributed by atoms with Crippen molar-refractivity contribution in [1.82, 2.24) is 4.98 Å². The molecule has 0 spiro atoms. The monoisotopic (exact) mass is 203 g/mol. The van der Waals surface area contributed by atoms with E-state index >= 15 is 0 Å². The van der Waals surface area contributed by atoms with Crippen molar-refractivity contribution >= 4 is 16.7 Å². The minimum atomic E-state index is 0.626. The fraction of sp³-hybridized carbons (Fsp3) is 0.182. The second-order valence-corrected chi connectivity index (χ2v) is 3.10. The van der Waals surface area contributed by atoms with Gasteiger partial charge in [-0.15, -0.1) is 0 Å². The van der Waals surface area contributed by atoms with Crippen molar-refractivity contribution in [2.24, 2.45) is 5.84 Å². The topological polar surface area (TPSA) is 60.2 Å². The number of para-hydroxylation sites is 1. The summed E-state index contributed by atoms with van der Waals surface area (Å²) in [6.45, 7) is 2.57. The number of anilines is 1. The molecule has 78 valence electrons. The zero-order valence-electron chi connectivity index (χ0n) is 8.53. The van der Waals surface area contributed by atoms with Crippen molar-refractivity contribution < 1.29 is 4.74 Å². The molecule has 15 heavy (non-hydrogen) atoms. The summed E-state index contributed by atoms with van der Waals surface area (Å²) in [5.74, 6) is 6.73. The van der Waals surface area contributed by atoms with Crippen LogP contribution in [0.25, 0.3) is 10.9 Å². The van der Waals surface area contributed by atoms with Crippen LogP contribution in [-0.2, 0) is 0 Å². The number of pyridine rings is 1. The molecule has 0 atom stereocenters. The highest BCUT2D eigenvalue weighted by molar-refractivity contribution is 5.85. The van der Waals surface area contributed by atoms with E-state index in [0.717, 1.165) is 16.7 Å². The van der Waals surface area contributed by atoms with Gasteiger partial charge in [0.25, 0.3) is 0 Å². The van der Waals surface area contributed by atoms with E-state index in [-0.39, 0.29) is 0 Å². The first-order valence-corrected chi connectivity index (χ1v) is 4.84. The second kappa shape index (κ2) is 4.14. The second-order valence-electron chi connectivity index (χ2n) is 3.10. The van der Waals surface area contributed by atoms with Crippen molar-refractivity contribution in [1.29, 1.82) is 0 Å². The van der Waals surface area contributed by atoms with Crippen molar-refractivity contribution in [3.05, 3.63) is 30.3 Å². The number of nitrogens with two attached hydrogens (primary N) is 1. The van der Waals surface area contributed by atoms with Gasteiger partial charge in [-0.05, 0) is 25.1 Å². The van der Waals surface area contributed by atoms with Crippen LogP contribution in [0, 0.1) is 0 Å². The lowest BCUT2D eigenvalue weighted by atomic mass is 10.2. The molecule has 1 aromatic carbocycles. The van der Waals surface area contributed by atoms with Gasteiger partial charge >= 0.3 is 0 Å². The molecule has 0 amide bonds. The van der Waals surface area contributed by atoms with Crippen molar-refractivity contribution in [2.45, 2.75) is 6.92 Å². The van der Waals surface area contributed by atoms with E-state index in [0.29, 0.717) is 12.4 Å². The largest absolute Gasteiger partial charge is 0.492 e. The number of hydrazine groups is 1.